The van der Waals surface area contributed by atoms with Gasteiger partial charge in [-0.05, 0) is 56.6 Å². The first-order chi connectivity index (χ1) is 12.1. The minimum absolute atomic E-state index is 0.274. The van der Waals surface area contributed by atoms with E-state index in [1.54, 1.807) is 6.92 Å². The van der Waals surface area contributed by atoms with E-state index in [1.807, 2.05) is 61.6 Å². The van der Waals surface area contributed by atoms with Crippen molar-refractivity contribution in [1.82, 2.24) is 4.90 Å². The van der Waals surface area contributed by atoms with E-state index in [4.69, 9.17) is 4.74 Å². The van der Waals surface area contributed by atoms with Crippen LogP contribution in [-0.2, 0) is 11.2 Å². The first kappa shape index (κ1) is 19.2. The number of likely N-dealkylation sites (N-methyl/N-ethyl adjacent to an activating group) is 1. The summed E-state index contributed by atoms with van der Waals surface area (Å²) in [6.07, 6.45) is 1.47. The number of hydrogen-bond acceptors (Lipinski definition) is 4. The van der Waals surface area contributed by atoms with E-state index in [0.717, 1.165) is 24.9 Å². The van der Waals surface area contributed by atoms with Gasteiger partial charge in [0.2, 0.25) is 0 Å². The van der Waals surface area contributed by atoms with Crippen molar-refractivity contribution in [2.75, 3.05) is 26.7 Å². The first-order valence-electron chi connectivity index (χ1n) is 8.77. The molecule has 0 radical (unpaired) electrons. The fourth-order valence-corrected chi connectivity index (χ4v) is 2.74. The van der Waals surface area contributed by atoms with Gasteiger partial charge in [0.25, 0.3) is 0 Å². The Morgan fingerprint density at radius 2 is 1.80 bits per heavy atom. The minimum Gasteiger partial charge on any atom is -0.462 e. The third-order valence-electron chi connectivity index (χ3n) is 4.14. The van der Waals surface area contributed by atoms with Crippen LogP contribution in [0.2, 0.25) is 0 Å². The van der Waals surface area contributed by atoms with Crippen molar-refractivity contribution in [1.29, 1.82) is 0 Å². The summed E-state index contributed by atoms with van der Waals surface area (Å²) in [5.41, 5.74) is 2.74. The highest BCUT2D eigenvalue weighted by molar-refractivity contribution is 5.89. The second-order valence-electron chi connectivity index (χ2n) is 6.21. The predicted molar refractivity (Wildman–Crippen MR) is 99.6 cm³/mol. The van der Waals surface area contributed by atoms with E-state index < -0.39 is 6.10 Å². The van der Waals surface area contributed by atoms with Gasteiger partial charge in [-0.15, -0.1) is 0 Å². The molecule has 2 aromatic carbocycles. The molecule has 0 fully saturated rings. The van der Waals surface area contributed by atoms with Crippen molar-refractivity contribution in [3.63, 3.8) is 0 Å². The van der Waals surface area contributed by atoms with E-state index in [1.165, 1.54) is 5.56 Å². The molecule has 4 heteroatoms. The molecule has 25 heavy (non-hydrogen) atoms. The summed E-state index contributed by atoms with van der Waals surface area (Å²) >= 11 is 0. The molecule has 134 valence electrons. The van der Waals surface area contributed by atoms with E-state index in [0.29, 0.717) is 18.7 Å². The normalized spacial score (nSPS) is 12.2. The molecule has 0 spiro atoms. The number of carbonyl (C=O) groups excluding carboxylic acids is 1. The predicted octanol–water partition coefficient (Wildman–Crippen LogP) is 3.46. The maximum Gasteiger partial charge on any atom is 0.338 e. The number of nitrogens with zero attached hydrogens (tertiary/aromatic N) is 1. The maximum absolute atomic E-state index is 11.6. The van der Waals surface area contributed by atoms with Gasteiger partial charge in [0.1, 0.15) is 0 Å². The summed E-state index contributed by atoms with van der Waals surface area (Å²) in [4.78, 5) is 13.8. The molecule has 4 nitrogen and oxygen atoms in total. The van der Waals surface area contributed by atoms with Crippen LogP contribution in [0, 0.1) is 0 Å². The smallest absolute Gasteiger partial charge is 0.338 e. The molecule has 0 saturated carbocycles. The number of hydrogen-bond donors (Lipinski definition) is 1. The van der Waals surface area contributed by atoms with E-state index in [-0.39, 0.29) is 5.97 Å². The highest BCUT2D eigenvalue weighted by atomic mass is 16.5. The molecule has 1 atom stereocenters. The third kappa shape index (κ3) is 6.33. The molecule has 0 bridgehead atoms. The number of aryl methyl sites for hydroxylation is 1. The highest BCUT2D eigenvalue weighted by Crippen LogP contribution is 2.14. The molecule has 0 aliphatic rings. The lowest BCUT2D eigenvalue weighted by Crippen LogP contribution is -2.26. The Morgan fingerprint density at radius 3 is 2.44 bits per heavy atom. The molecule has 2 aromatic rings. The monoisotopic (exact) mass is 341 g/mol. The second kappa shape index (κ2) is 9.97. The van der Waals surface area contributed by atoms with Gasteiger partial charge in [0.15, 0.2) is 0 Å². The van der Waals surface area contributed by atoms with Crippen LogP contribution >= 0.6 is 0 Å². The van der Waals surface area contributed by atoms with Gasteiger partial charge in [0, 0.05) is 6.54 Å². The Balaban J connectivity index is 1.73. The van der Waals surface area contributed by atoms with Crippen molar-refractivity contribution in [3.05, 3.63) is 71.3 Å². The summed E-state index contributed by atoms with van der Waals surface area (Å²) in [7, 11) is 2.02. The Labute approximate surface area is 150 Å². The zero-order chi connectivity index (χ0) is 18.1. The zero-order valence-corrected chi connectivity index (χ0v) is 15.0. The van der Waals surface area contributed by atoms with E-state index >= 15 is 0 Å². The molecule has 1 N–H and O–H groups in total. The van der Waals surface area contributed by atoms with Crippen molar-refractivity contribution in [2.24, 2.45) is 0 Å². The van der Waals surface area contributed by atoms with Gasteiger partial charge >= 0.3 is 5.97 Å². The minimum atomic E-state index is -0.463. The standard InChI is InChI=1S/C21H27NO3/c1-3-25-21(24)19-13-11-17(12-14-19)8-7-15-22(2)16-20(23)18-9-5-4-6-10-18/h4-6,9-14,20,23H,3,7-8,15-16H2,1-2H3/t20-/m1/s1. The van der Waals surface area contributed by atoms with Crippen LogP contribution in [0.25, 0.3) is 0 Å². The number of benzene rings is 2. The van der Waals surface area contributed by atoms with Crippen molar-refractivity contribution >= 4 is 5.97 Å². The molecular formula is C21H27NO3. The summed E-state index contributed by atoms with van der Waals surface area (Å²) < 4.78 is 4.98. The molecule has 2 rings (SSSR count). The van der Waals surface area contributed by atoms with Gasteiger partial charge in [-0.2, -0.15) is 0 Å². The third-order valence-corrected chi connectivity index (χ3v) is 4.14. The van der Waals surface area contributed by atoms with Crippen LogP contribution in [0.4, 0.5) is 0 Å². The lowest BCUT2D eigenvalue weighted by Gasteiger charge is -2.20. The topological polar surface area (TPSA) is 49.8 Å². The molecule has 0 amide bonds. The molecule has 0 aliphatic carbocycles. The fraction of sp³-hybridized carbons (Fsp3) is 0.381. The number of aliphatic hydroxyl groups is 1. The first-order valence-corrected chi connectivity index (χ1v) is 8.77. The fourth-order valence-electron chi connectivity index (χ4n) is 2.74. The number of esters is 1. The molecule has 0 unspecified atom stereocenters. The Hall–Kier alpha value is -2.17. The zero-order valence-electron chi connectivity index (χ0n) is 15.0. The van der Waals surface area contributed by atoms with Crippen LogP contribution in [0.1, 0.15) is 40.9 Å². The van der Waals surface area contributed by atoms with Gasteiger partial charge in [0.05, 0.1) is 18.3 Å². The molecular weight excluding hydrogens is 314 g/mol. The Bertz CT molecular complexity index is 640. The summed E-state index contributed by atoms with van der Waals surface area (Å²) in [5, 5.41) is 10.2. The maximum atomic E-state index is 11.6. The number of aliphatic hydroxyl groups excluding tert-OH is 1. The van der Waals surface area contributed by atoms with Gasteiger partial charge in [-0.1, -0.05) is 42.5 Å². The van der Waals surface area contributed by atoms with Gasteiger partial charge in [-0.3, -0.25) is 0 Å². The molecule has 0 aromatic heterocycles. The van der Waals surface area contributed by atoms with Crippen molar-refractivity contribution < 1.29 is 14.6 Å². The van der Waals surface area contributed by atoms with Crippen LogP contribution in [-0.4, -0.2) is 42.7 Å². The van der Waals surface area contributed by atoms with Crippen molar-refractivity contribution in [2.45, 2.75) is 25.9 Å². The molecule has 0 saturated heterocycles. The van der Waals surface area contributed by atoms with E-state index in [9.17, 15) is 9.90 Å². The number of rotatable bonds is 9. The van der Waals surface area contributed by atoms with Crippen LogP contribution in [0.3, 0.4) is 0 Å². The van der Waals surface area contributed by atoms with E-state index in [2.05, 4.69) is 4.90 Å². The van der Waals surface area contributed by atoms with Crippen molar-refractivity contribution in [3.8, 4) is 0 Å². The molecule has 0 heterocycles. The van der Waals surface area contributed by atoms with Gasteiger partial charge < -0.3 is 14.7 Å². The average Bonchev–Trinajstić information content (AvgIpc) is 2.63. The number of carbonyl (C=O) groups is 1. The van der Waals surface area contributed by atoms with Gasteiger partial charge in [-0.25, -0.2) is 4.79 Å². The highest BCUT2D eigenvalue weighted by Gasteiger charge is 2.10. The lowest BCUT2D eigenvalue weighted by molar-refractivity contribution is 0.0526. The summed E-state index contributed by atoms with van der Waals surface area (Å²) in [6.45, 7) is 3.72. The Kier molecular flexibility index (Phi) is 7.64. The largest absolute Gasteiger partial charge is 0.462 e. The summed E-state index contributed by atoms with van der Waals surface area (Å²) in [5.74, 6) is -0.274. The lowest BCUT2D eigenvalue weighted by atomic mass is 10.1. The van der Waals surface area contributed by atoms with Crippen LogP contribution in [0.5, 0.6) is 0 Å². The Morgan fingerprint density at radius 1 is 1.12 bits per heavy atom. The summed E-state index contributed by atoms with van der Waals surface area (Å²) in [6, 6.07) is 17.3. The quantitative estimate of drug-likeness (QED) is 0.710. The number of ether oxygens (including phenoxy) is 1. The average molecular weight is 341 g/mol. The SMILES string of the molecule is CCOC(=O)c1ccc(CCCN(C)C[C@@H](O)c2ccccc2)cc1. The molecule has 0 aliphatic heterocycles. The van der Waals surface area contributed by atoms with Crippen LogP contribution < -0.4 is 0 Å². The second-order valence-corrected chi connectivity index (χ2v) is 6.21. The van der Waals surface area contributed by atoms with Crippen LogP contribution in [0.15, 0.2) is 54.6 Å².